The lowest BCUT2D eigenvalue weighted by Crippen LogP contribution is -1.82. The third-order valence-corrected chi connectivity index (χ3v) is 1.00. The molecule has 0 aromatic carbocycles. The number of nitrogens with zero attached hydrogens (tertiary/aromatic N) is 2. The SMILES string of the molecule is CCO[S-](=O)=NC#N. The zero-order valence-corrected chi connectivity index (χ0v) is 5.14. The van der Waals surface area contributed by atoms with Crippen LogP contribution < -0.4 is 0 Å². The fourth-order valence-electron chi connectivity index (χ4n) is 0.161. The average Bonchev–Trinajstić information content (AvgIpc) is 1.68. The molecule has 8 heavy (non-hydrogen) atoms. The summed E-state index contributed by atoms with van der Waals surface area (Å²) in [4.78, 5) is 0. The Balaban J connectivity index is 3.68. The Hall–Kier alpha value is -0.600. The first-order chi connectivity index (χ1) is 3.81. The number of rotatable bonds is 2. The van der Waals surface area contributed by atoms with Gasteiger partial charge in [0.2, 0.25) is 0 Å². The van der Waals surface area contributed by atoms with Crippen molar-refractivity contribution in [2.24, 2.45) is 4.36 Å². The van der Waals surface area contributed by atoms with Crippen molar-refractivity contribution in [1.29, 1.82) is 5.26 Å². The van der Waals surface area contributed by atoms with Crippen LogP contribution in [-0.2, 0) is 19.3 Å². The molecular weight excluding hydrogens is 128 g/mol. The molecule has 0 aromatic rings. The molecule has 0 aliphatic heterocycles. The Labute approximate surface area is 49.5 Å². The molecule has 0 saturated carbocycles. The summed E-state index contributed by atoms with van der Waals surface area (Å²) in [6.45, 7) is 1.97. The first kappa shape index (κ1) is 7.40. The van der Waals surface area contributed by atoms with Gasteiger partial charge in [-0.15, -0.1) is 0 Å². The van der Waals surface area contributed by atoms with Crippen molar-refractivity contribution in [3.05, 3.63) is 0 Å². The minimum atomic E-state index is -1.76. The van der Waals surface area contributed by atoms with Crippen molar-refractivity contribution >= 4 is 10.9 Å². The van der Waals surface area contributed by atoms with Gasteiger partial charge in [0, 0.05) is 6.61 Å². The van der Waals surface area contributed by atoms with Crippen LogP contribution in [0.5, 0.6) is 0 Å². The number of nitriles is 1. The highest BCUT2D eigenvalue weighted by molar-refractivity contribution is 7.69. The van der Waals surface area contributed by atoms with Gasteiger partial charge < -0.3 is 8.39 Å². The van der Waals surface area contributed by atoms with Gasteiger partial charge in [-0.1, -0.05) is 0 Å². The van der Waals surface area contributed by atoms with E-state index in [9.17, 15) is 4.21 Å². The summed E-state index contributed by atoms with van der Waals surface area (Å²) in [5.41, 5.74) is 0. The molecule has 0 heterocycles. The third kappa shape index (κ3) is 3.59. The smallest absolute Gasteiger partial charge is 0.182 e. The minimum Gasteiger partial charge on any atom is -0.438 e. The predicted molar refractivity (Wildman–Crippen MR) is 27.7 cm³/mol. The van der Waals surface area contributed by atoms with Crippen LogP contribution in [0.25, 0.3) is 0 Å². The molecule has 0 amide bonds. The second kappa shape index (κ2) is 4.56. The summed E-state index contributed by atoms with van der Waals surface area (Å²) in [5.74, 6) is 0. The lowest BCUT2D eigenvalue weighted by molar-refractivity contribution is 0.369. The molecule has 0 unspecified atom stereocenters. The Morgan fingerprint density at radius 1 is 2.00 bits per heavy atom. The average molecular weight is 133 g/mol. The van der Waals surface area contributed by atoms with Gasteiger partial charge in [-0.05, 0) is 17.8 Å². The van der Waals surface area contributed by atoms with E-state index >= 15 is 0 Å². The van der Waals surface area contributed by atoms with E-state index in [0.717, 1.165) is 0 Å². The second-order valence-corrected chi connectivity index (χ2v) is 1.67. The lowest BCUT2D eigenvalue weighted by atomic mass is 10.9. The maximum Gasteiger partial charge on any atom is 0.182 e. The lowest BCUT2D eigenvalue weighted by Gasteiger charge is -1.97. The van der Waals surface area contributed by atoms with Crippen LogP contribution in [0.4, 0.5) is 0 Å². The maximum absolute atomic E-state index is 10.1. The van der Waals surface area contributed by atoms with E-state index in [1.807, 2.05) is 0 Å². The highest BCUT2D eigenvalue weighted by Gasteiger charge is 1.62. The van der Waals surface area contributed by atoms with E-state index in [-0.39, 0.29) is 0 Å². The Morgan fingerprint density at radius 3 is 3.00 bits per heavy atom. The largest absolute Gasteiger partial charge is 0.438 e. The standard InChI is InChI=1S/C3H5N2O2S/c1-2-7-8(6)5-3-4/h2H2,1H3/q-1. The van der Waals surface area contributed by atoms with Crippen LogP contribution in [0, 0.1) is 11.5 Å². The number of hydrogen-bond acceptors (Lipinski definition) is 5. The van der Waals surface area contributed by atoms with Gasteiger partial charge in [0.15, 0.2) is 6.19 Å². The van der Waals surface area contributed by atoms with Gasteiger partial charge in [-0.2, -0.15) is 5.26 Å². The van der Waals surface area contributed by atoms with E-state index in [1.54, 1.807) is 6.92 Å². The van der Waals surface area contributed by atoms with E-state index in [0.29, 0.717) is 6.61 Å². The van der Waals surface area contributed by atoms with Crippen LogP contribution in [0.15, 0.2) is 4.36 Å². The van der Waals surface area contributed by atoms with Crippen LogP contribution in [-0.4, -0.2) is 6.61 Å². The molecule has 0 rings (SSSR count). The molecule has 0 spiro atoms. The Bertz CT molecular complexity index is 165. The van der Waals surface area contributed by atoms with Crippen LogP contribution >= 0.6 is 0 Å². The summed E-state index contributed by atoms with van der Waals surface area (Å²) in [6, 6.07) is 0. The maximum atomic E-state index is 10.1. The summed E-state index contributed by atoms with van der Waals surface area (Å²) in [7, 11) is -1.76. The Morgan fingerprint density at radius 2 is 2.62 bits per heavy atom. The molecule has 5 heteroatoms. The molecule has 0 bridgehead atoms. The highest BCUT2D eigenvalue weighted by atomic mass is 32.2. The first-order valence-electron chi connectivity index (χ1n) is 1.96. The fourth-order valence-corrected chi connectivity index (χ4v) is 0.482. The zero-order chi connectivity index (χ0) is 6.41. The van der Waals surface area contributed by atoms with Gasteiger partial charge >= 0.3 is 0 Å². The fraction of sp³-hybridized carbons (Fsp3) is 0.667. The zero-order valence-electron chi connectivity index (χ0n) is 4.33. The van der Waals surface area contributed by atoms with Crippen molar-refractivity contribution in [3.63, 3.8) is 0 Å². The normalized spacial score (nSPS) is 13.0. The van der Waals surface area contributed by atoms with Crippen molar-refractivity contribution in [2.45, 2.75) is 6.92 Å². The van der Waals surface area contributed by atoms with Gasteiger partial charge in [-0.3, -0.25) is 4.36 Å². The molecule has 0 aliphatic rings. The monoisotopic (exact) mass is 133 g/mol. The highest BCUT2D eigenvalue weighted by Crippen LogP contribution is 1.75. The molecule has 4 nitrogen and oxygen atoms in total. The van der Waals surface area contributed by atoms with Crippen molar-refractivity contribution < 1.29 is 8.39 Å². The van der Waals surface area contributed by atoms with Gasteiger partial charge in [-0.25, -0.2) is 0 Å². The summed E-state index contributed by atoms with van der Waals surface area (Å²) >= 11 is 0. The molecule has 0 atom stereocenters. The van der Waals surface area contributed by atoms with Gasteiger partial charge in [0.1, 0.15) is 0 Å². The summed E-state index contributed by atoms with van der Waals surface area (Å²) in [5, 5.41) is 7.77. The molecular formula is C3H5N2O2S-. The molecule has 0 N–H and O–H groups in total. The molecule has 0 fully saturated rings. The minimum absolute atomic E-state index is 0.303. The van der Waals surface area contributed by atoms with E-state index in [1.165, 1.54) is 6.19 Å². The second-order valence-electron chi connectivity index (χ2n) is 0.815. The molecule has 0 aliphatic carbocycles. The molecule has 46 valence electrons. The molecule has 0 aromatic heterocycles. The third-order valence-electron chi connectivity index (χ3n) is 0.334. The van der Waals surface area contributed by atoms with Crippen LogP contribution in [0.3, 0.4) is 0 Å². The van der Waals surface area contributed by atoms with E-state index in [2.05, 4.69) is 8.55 Å². The number of hydrogen-bond donors (Lipinski definition) is 0. The van der Waals surface area contributed by atoms with Gasteiger partial charge in [0.25, 0.3) is 0 Å². The van der Waals surface area contributed by atoms with Crippen LogP contribution in [0.1, 0.15) is 6.92 Å². The van der Waals surface area contributed by atoms with Crippen molar-refractivity contribution in [3.8, 4) is 6.19 Å². The summed E-state index contributed by atoms with van der Waals surface area (Å²) < 4.78 is 17.4. The predicted octanol–water partition coefficient (Wildman–Crippen LogP) is 0.566. The first-order valence-corrected chi connectivity index (χ1v) is 2.99. The van der Waals surface area contributed by atoms with Gasteiger partial charge in [0.05, 0.1) is 0 Å². The van der Waals surface area contributed by atoms with Crippen molar-refractivity contribution in [2.75, 3.05) is 6.61 Å². The van der Waals surface area contributed by atoms with Crippen molar-refractivity contribution in [1.82, 2.24) is 0 Å². The Kier molecular flexibility index (Phi) is 4.21. The summed E-state index contributed by atoms with van der Waals surface area (Å²) in [6.07, 6.45) is 1.35. The van der Waals surface area contributed by atoms with E-state index in [4.69, 9.17) is 5.26 Å². The van der Waals surface area contributed by atoms with E-state index < -0.39 is 10.9 Å². The molecule has 0 saturated heterocycles. The quantitative estimate of drug-likeness (QED) is 0.408. The topological polar surface area (TPSA) is 62.4 Å². The molecule has 0 radical (unpaired) electrons. The van der Waals surface area contributed by atoms with Crippen LogP contribution in [0.2, 0.25) is 0 Å².